The van der Waals surface area contributed by atoms with Gasteiger partial charge in [-0.3, -0.25) is 4.79 Å². The number of nitrogens with one attached hydrogen (secondary N) is 1. The number of anilines is 1. The predicted octanol–water partition coefficient (Wildman–Crippen LogP) is 3.50. The fraction of sp³-hybridized carbons (Fsp3) is 0.412. The summed E-state index contributed by atoms with van der Waals surface area (Å²) in [6.07, 6.45) is 0. The van der Waals surface area contributed by atoms with E-state index in [0.717, 1.165) is 10.5 Å². The van der Waals surface area contributed by atoms with Crippen molar-refractivity contribution in [1.29, 1.82) is 0 Å². The van der Waals surface area contributed by atoms with E-state index in [1.54, 1.807) is 19.9 Å². The smallest absolute Gasteiger partial charge is 0.362 e. The van der Waals surface area contributed by atoms with E-state index in [-0.39, 0.29) is 24.7 Å². The Balaban J connectivity index is 3.40. The second-order valence-corrected chi connectivity index (χ2v) is 8.85. The highest BCUT2D eigenvalue weighted by molar-refractivity contribution is 14.1. The molecule has 0 saturated carbocycles. The first kappa shape index (κ1) is 25.3. The number of carbonyl (C=O) groups excluding carboxylic acids is 4. The van der Waals surface area contributed by atoms with Crippen LogP contribution in [0.25, 0.3) is 0 Å². The Morgan fingerprint density at radius 1 is 1.00 bits per heavy atom. The molecule has 0 aromatic heterocycles. The largest absolute Gasteiger partial charge is 0.463 e. The molecule has 0 atom stereocenters. The molecule has 0 aliphatic carbocycles. The Morgan fingerprint density at radius 3 is 1.93 bits per heavy atom. The van der Waals surface area contributed by atoms with Crippen LogP contribution < -0.4 is 5.32 Å². The number of hydrogen-bond donors (Lipinski definition) is 1. The van der Waals surface area contributed by atoms with E-state index in [9.17, 15) is 19.2 Å². The number of ether oxygens (including phenoxy) is 3. The number of amides is 1. The van der Waals surface area contributed by atoms with Crippen molar-refractivity contribution < 1.29 is 33.4 Å². The van der Waals surface area contributed by atoms with Crippen molar-refractivity contribution in [1.82, 2.24) is 0 Å². The Hall–Kier alpha value is -0.710. The minimum Gasteiger partial charge on any atom is -0.463 e. The van der Waals surface area contributed by atoms with Crippen molar-refractivity contribution >= 4 is 97.3 Å². The van der Waals surface area contributed by atoms with Gasteiger partial charge in [0, 0.05) is 14.1 Å². The zero-order valence-corrected chi connectivity index (χ0v) is 22.0. The molecule has 0 aliphatic rings. The molecular weight excluding hydrogens is 711 g/mol. The molecule has 0 heterocycles. The van der Waals surface area contributed by atoms with Crippen molar-refractivity contribution in [3.05, 3.63) is 22.3 Å². The van der Waals surface area contributed by atoms with Crippen molar-refractivity contribution in [2.45, 2.75) is 33.3 Å². The molecule has 1 amide bonds. The first-order chi connectivity index (χ1) is 13.0. The number of esters is 3. The van der Waals surface area contributed by atoms with Crippen LogP contribution in [0.15, 0.2) is 6.07 Å². The van der Waals surface area contributed by atoms with Gasteiger partial charge in [0.2, 0.25) is 5.91 Å². The van der Waals surface area contributed by atoms with Crippen LogP contribution in [0.5, 0.6) is 0 Å². The van der Waals surface area contributed by atoms with Crippen LogP contribution in [0.3, 0.4) is 0 Å². The van der Waals surface area contributed by atoms with Crippen LogP contribution in [0, 0.1) is 10.7 Å². The molecule has 11 heteroatoms. The molecule has 0 saturated heterocycles. The van der Waals surface area contributed by atoms with Crippen molar-refractivity contribution in [3.8, 4) is 0 Å². The quantitative estimate of drug-likeness (QED) is 0.198. The predicted molar refractivity (Wildman–Crippen MR) is 126 cm³/mol. The van der Waals surface area contributed by atoms with Crippen molar-refractivity contribution in [2.24, 2.45) is 0 Å². The summed E-state index contributed by atoms with van der Waals surface area (Å²) in [4.78, 5) is 49.0. The van der Waals surface area contributed by atoms with Gasteiger partial charge in [-0.25, -0.2) is 14.4 Å². The zero-order valence-electron chi connectivity index (χ0n) is 15.5. The molecule has 1 rings (SSSR count). The van der Waals surface area contributed by atoms with Gasteiger partial charge in [0.15, 0.2) is 0 Å². The second kappa shape index (κ2) is 10.9. The summed E-state index contributed by atoms with van der Waals surface area (Å²) in [6.45, 7) is 5.60. The van der Waals surface area contributed by atoms with Crippen LogP contribution >= 0.6 is 67.8 Å². The monoisotopic (exact) mass is 729 g/mol. The van der Waals surface area contributed by atoms with E-state index in [4.69, 9.17) is 14.2 Å². The molecule has 0 fully saturated rings. The standard InChI is InChI=1S/C17H18I3NO7/c1-5-26-15(24)17(4,16(25)27-6-2)28-14(23)11-9(18)7-10(19)13(12(11)20)21-8(3)22/h7H,5-6H2,1-4H3,(H,21,22). The molecule has 28 heavy (non-hydrogen) atoms. The summed E-state index contributed by atoms with van der Waals surface area (Å²) >= 11 is 5.88. The third kappa shape index (κ3) is 5.90. The third-order valence-electron chi connectivity index (χ3n) is 3.30. The maximum absolute atomic E-state index is 12.9. The Labute approximate surface area is 203 Å². The SMILES string of the molecule is CCOC(=O)C(C)(OC(=O)c1c(I)cc(I)c(NC(C)=O)c1I)C(=O)OCC. The summed E-state index contributed by atoms with van der Waals surface area (Å²) < 4.78 is 16.7. The average molecular weight is 729 g/mol. The normalized spacial score (nSPS) is 10.8. The van der Waals surface area contributed by atoms with Gasteiger partial charge >= 0.3 is 23.5 Å². The van der Waals surface area contributed by atoms with E-state index < -0.39 is 23.5 Å². The van der Waals surface area contributed by atoms with E-state index >= 15 is 0 Å². The van der Waals surface area contributed by atoms with Gasteiger partial charge in [0.05, 0.1) is 28.0 Å². The number of benzene rings is 1. The molecule has 0 radical (unpaired) electrons. The van der Waals surface area contributed by atoms with Crippen LogP contribution in [0.2, 0.25) is 0 Å². The summed E-state index contributed by atoms with van der Waals surface area (Å²) in [5.41, 5.74) is -1.70. The van der Waals surface area contributed by atoms with Gasteiger partial charge < -0.3 is 19.5 Å². The molecule has 0 spiro atoms. The van der Waals surface area contributed by atoms with E-state index in [1.807, 2.05) is 67.8 Å². The lowest BCUT2D eigenvalue weighted by Crippen LogP contribution is -2.50. The highest BCUT2D eigenvalue weighted by Gasteiger charge is 2.49. The lowest BCUT2D eigenvalue weighted by Gasteiger charge is -2.25. The summed E-state index contributed by atoms with van der Waals surface area (Å²) in [6, 6.07) is 1.68. The third-order valence-corrected chi connectivity index (χ3v) is 6.08. The van der Waals surface area contributed by atoms with Crippen molar-refractivity contribution in [3.63, 3.8) is 0 Å². The van der Waals surface area contributed by atoms with Crippen LogP contribution in [-0.2, 0) is 28.6 Å². The average Bonchev–Trinajstić information content (AvgIpc) is 2.58. The van der Waals surface area contributed by atoms with Crippen LogP contribution in [-0.4, -0.2) is 42.6 Å². The number of hydrogen-bond acceptors (Lipinski definition) is 7. The topological polar surface area (TPSA) is 108 Å². The van der Waals surface area contributed by atoms with Gasteiger partial charge in [0.25, 0.3) is 0 Å². The Bertz CT molecular complexity index is 792. The number of carbonyl (C=O) groups is 4. The van der Waals surface area contributed by atoms with Gasteiger partial charge in [-0.1, -0.05) is 0 Å². The van der Waals surface area contributed by atoms with Gasteiger partial charge in [-0.05, 0) is 94.6 Å². The van der Waals surface area contributed by atoms with Crippen LogP contribution in [0.4, 0.5) is 5.69 Å². The lowest BCUT2D eigenvalue weighted by atomic mass is 10.1. The molecule has 0 unspecified atom stereocenters. The lowest BCUT2D eigenvalue weighted by molar-refractivity contribution is -0.181. The molecule has 1 aromatic carbocycles. The molecule has 1 N–H and O–H groups in total. The Kier molecular flexibility index (Phi) is 9.85. The maximum Gasteiger partial charge on any atom is 0.362 e. The van der Waals surface area contributed by atoms with E-state index in [1.165, 1.54) is 6.92 Å². The molecule has 0 bridgehead atoms. The van der Waals surface area contributed by atoms with E-state index in [2.05, 4.69) is 5.32 Å². The molecule has 154 valence electrons. The minimum atomic E-state index is -2.26. The fourth-order valence-corrected chi connectivity index (χ4v) is 6.09. The molecular formula is C17H18I3NO7. The summed E-state index contributed by atoms with van der Waals surface area (Å²) in [7, 11) is 0. The zero-order chi connectivity index (χ0) is 21.6. The Morgan fingerprint density at radius 2 is 1.50 bits per heavy atom. The second-order valence-electron chi connectivity index (χ2n) is 5.45. The highest BCUT2D eigenvalue weighted by Crippen LogP contribution is 2.33. The highest BCUT2D eigenvalue weighted by atomic mass is 127. The van der Waals surface area contributed by atoms with Crippen LogP contribution in [0.1, 0.15) is 38.1 Å². The summed E-state index contributed by atoms with van der Waals surface area (Å²) in [5.74, 6) is -3.28. The maximum atomic E-state index is 12.9. The summed E-state index contributed by atoms with van der Waals surface area (Å²) in [5, 5.41) is 2.66. The van der Waals surface area contributed by atoms with Gasteiger partial charge in [-0.15, -0.1) is 0 Å². The fourth-order valence-electron chi connectivity index (χ4n) is 2.01. The molecule has 8 nitrogen and oxygen atoms in total. The van der Waals surface area contributed by atoms with Gasteiger partial charge in [-0.2, -0.15) is 0 Å². The minimum absolute atomic E-state index is 0.00331. The van der Waals surface area contributed by atoms with Gasteiger partial charge in [0.1, 0.15) is 0 Å². The first-order valence-electron chi connectivity index (χ1n) is 8.02. The molecule has 0 aliphatic heterocycles. The van der Waals surface area contributed by atoms with Crippen molar-refractivity contribution in [2.75, 3.05) is 18.5 Å². The number of halogens is 3. The first-order valence-corrected chi connectivity index (χ1v) is 11.3. The number of rotatable bonds is 7. The molecule has 1 aromatic rings. The van der Waals surface area contributed by atoms with E-state index in [0.29, 0.717) is 12.8 Å².